The molecule has 2 aromatic carbocycles. The van der Waals surface area contributed by atoms with Crippen LogP contribution in [0.1, 0.15) is 10.4 Å². The lowest BCUT2D eigenvalue weighted by Gasteiger charge is -2.14. The molecule has 1 heterocycles. The number of carbonyl (C=O) groups is 1. The molecular formula is C16H12F2IN3O4. The maximum absolute atomic E-state index is 14.8. The summed E-state index contributed by atoms with van der Waals surface area (Å²) >= 11 is 1.94. The lowest BCUT2D eigenvalue weighted by Crippen LogP contribution is -2.26. The van der Waals surface area contributed by atoms with E-state index in [-0.39, 0.29) is 41.3 Å². The zero-order chi connectivity index (χ0) is 18.7. The highest BCUT2D eigenvalue weighted by Crippen LogP contribution is 2.32. The molecule has 0 aliphatic carbocycles. The minimum Gasteiger partial charge on any atom is -0.443 e. The van der Waals surface area contributed by atoms with Gasteiger partial charge in [0.2, 0.25) is 0 Å². The van der Waals surface area contributed by atoms with Gasteiger partial charge in [-0.1, -0.05) is 0 Å². The summed E-state index contributed by atoms with van der Waals surface area (Å²) in [4.78, 5) is 20.8. The number of nitrogens with zero attached hydrogens (tertiary/aromatic N) is 1. The Labute approximate surface area is 159 Å². The zero-order valence-electron chi connectivity index (χ0n) is 13.1. The summed E-state index contributed by atoms with van der Waals surface area (Å²) < 4.78 is 34.7. The second kappa shape index (κ2) is 7.93. The van der Waals surface area contributed by atoms with Crippen LogP contribution in [0.4, 0.5) is 20.2 Å². The van der Waals surface area contributed by atoms with E-state index in [0.717, 1.165) is 6.39 Å². The minimum atomic E-state index is -0.874. The Morgan fingerprint density at radius 2 is 2.15 bits per heavy atom. The van der Waals surface area contributed by atoms with Crippen molar-refractivity contribution in [1.29, 1.82) is 0 Å². The molecule has 3 aromatic rings. The molecule has 1 amide bonds. The van der Waals surface area contributed by atoms with Crippen LogP contribution in [0.25, 0.3) is 11.1 Å². The molecule has 7 nitrogen and oxygen atoms in total. The van der Waals surface area contributed by atoms with Crippen LogP contribution in [0.3, 0.4) is 0 Å². The molecule has 136 valence electrons. The first-order valence-electron chi connectivity index (χ1n) is 7.32. The third-order valence-corrected chi connectivity index (χ3v) is 4.03. The first-order chi connectivity index (χ1) is 12.5. The quantitative estimate of drug-likeness (QED) is 0.288. The number of hydroxylamine groups is 1. The molecule has 0 bridgehead atoms. The van der Waals surface area contributed by atoms with Gasteiger partial charge in [-0.2, -0.15) is 0 Å². The van der Waals surface area contributed by atoms with Crippen molar-refractivity contribution in [3.63, 3.8) is 0 Å². The van der Waals surface area contributed by atoms with Crippen molar-refractivity contribution in [3.8, 4) is 0 Å². The molecule has 0 saturated carbocycles. The van der Waals surface area contributed by atoms with Crippen molar-refractivity contribution in [2.75, 3.05) is 18.5 Å². The fourth-order valence-corrected chi connectivity index (χ4v) is 2.66. The number of nitrogens with one attached hydrogen (secondary N) is 2. The molecule has 3 N–H and O–H groups in total. The van der Waals surface area contributed by atoms with Gasteiger partial charge >= 0.3 is 0 Å². The van der Waals surface area contributed by atoms with Gasteiger partial charge < -0.3 is 14.8 Å². The first-order valence-corrected chi connectivity index (χ1v) is 8.40. The van der Waals surface area contributed by atoms with E-state index in [1.54, 1.807) is 6.07 Å². The predicted molar refractivity (Wildman–Crippen MR) is 96.9 cm³/mol. The van der Waals surface area contributed by atoms with E-state index in [4.69, 9.17) is 14.4 Å². The monoisotopic (exact) mass is 475 g/mol. The maximum atomic E-state index is 14.8. The van der Waals surface area contributed by atoms with E-state index < -0.39 is 17.5 Å². The molecule has 0 unspecified atom stereocenters. The van der Waals surface area contributed by atoms with Crippen molar-refractivity contribution in [2.45, 2.75) is 0 Å². The number of fused-ring (bicyclic) bond motifs is 1. The number of halogens is 3. The number of aliphatic hydroxyl groups is 1. The molecule has 0 spiro atoms. The topological polar surface area (TPSA) is 96.6 Å². The van der Waals surface area contributed by atoms with E-state index >= 15 is 0 Å². The number of hydrogen-bond acceptors (Lipinski definition) is 6. The Morgan fingerprint density at radius 1 is 1.35 bits per heavy atom. The number of carbonyl (C=O) groups excluding carboxylic acids is 1. The number of aromatic nitrogens is 1. The van der Waals surface area contributed by atoms with Crippen LogP contribution in [-0.4, -0.2) is 29.2 Å². The van der Waals surface area contributed by atoms with E-state index in [9.17, 15) is 13.6 Å². The first kappa shape index (κ1) is 18.5. The third-order valence-electron chi connectivity index (χ3n) is 3.36. The Balaban J connectivity index is 2.04. The molecule has 0 aliphatic heterocycles. The van der Waals surface area contributed by atoms with Crippen LogP contribution >= 0.6 is 22.6 Å². The van der Waals surface area contributed by atoms with Gasteiger partial charge in [-0.3, -0.25) is 9.63 Å². The van der Waals surface area contributed by atoms with Gasteiger partial charge in [-0.15, -0.1) is 0 Å². The molecule has 0 aliphatic rings. The Kier molecular flexibility index (Phi) is 5.64. The lowest BCUT2D eigenvalue weighted by atomic mass is 10.1. The number of aliphatic hydroxyl groups excluding tert-OH is 1. The molecular weight excluding hydrogens is 463 g/mol. The van der Waals surface area contributed by atoms with E-state index in [1.165, 1.54) is 18.2 Å². The van der Waals surface area contributed by atoms with Gasteiger partial charge in [0.05, 0.1) is 30.2 Å². The minimum absolute atomic E-state index is 0.0162. The van der Waals surface area contributed by atoms with E-state index in [1.807, 2.05) is 22.6 Å². The molecule has 1 aromatic heterocycles. The smallest absolute Gasteiger partial charge is 0.277 e. The van der Waals surface area contributed by atoms with Gasteiger partial charge in [0, 0.05) is 3.57 Å². The maximum Gasteiger partial charge on any atom is 0.277 e. The van der Waals surface area contributed by atoms with Crippen LogP contribution in [0.15, 0.2) is 35.1 Å². The molecule has 10 heteroatoms. The average molecular weight is 475 g/mol. The number of oxazole rings is 1. The number of amides is 1. The summed E-state index contributed by atoms with van der Waals surface area (Å²) in [6, 6.07) is 5.58. The van der Waals surface area contributed by atoms with Crippen LogP contribution in [-0.2, 0) is 4.84 Å². The Morgan fingerprint density at radius 3 is 2.88 bits per heavy atom. The second-order valence-electron chi connectivity index (χ2n) is 5.06. The molecule has 0 fully saturated rings. The molecule has 26 heavy (non-hydrogen) atoms. The zero-order valence-corrected chi connectivity index (χ0v) is 15.2. The highest BCUT2D eigenvalue weighted by molar-refractivity contribution is 14.1. The van der Waals surface area contributed by atoms with Gasteiger partial charge in [0.1, 0.15) is 11.3 Å². The standard InChI is InChI=1S/C16H12F2IN3O4/c17-10-5-8(19)1-2-11(10)21-14-9(16(24)22-26-4-3-23)6-12-15(13(14)18)20-7-25-12/h1-2,5-7,21,23H,3-4H2,(H,22,24). The van der Waals surface area contributed by atoms with Crippen molar-refractivity contribution in [2.24, 2.45) is 0 Å². The number of benzene rings is 2. The molecule has 0 saturated heterocycles. The van der Waals surface area contributed by atoms with E-state index in [0.29, 0.717) is 3.57 Å². The van der Waals surface area contributed by atoms with Crippen molar-refractivity contribution < 1.29 is 27.9 Å². The highest BCUT2D eigenvalue weighted by atomic mass is 127. The normalized spacial score (nSPS) is 10.9. The van der Waals surface area contributed by atoms with Crippen LogP contribution < -0.4 is 10.8 Å². The number of rotatable bonds is 6. The van der Waals surface area contributed by atoms with Gasteiger partial charge in [-0.25, -0.2) is 19.2 Å². The van der Waals surface area contributed by atoms with E-state index in [2.05, 4.69) is 15.8 Å². The molecule has 0 radical (unpaired) electrons. The SMILES string of the molecule is O=C(NOCCO)c1cc2ocnc2c(F)c1Nc1ccc(I)cc1F. The van der Waals surface area contributed by atoms with Crippen LogP contribution in [0, 0.1) is 15.2 Å². The average Bonchev–Trinajstić information content (AvgIpc) is 3.08. The fourth-order valence-electron chi connectivity index (χ4n) is 2.21. The van der Waals surface area contributed by atoms with Crippen molar-refractivity contribution in [3.05, 3.63) is 51.4 Å². The van der Waals surface area contributed by atoms with Gasteiger partial charge in [0.15, 0.2) is 17.8 Å². The summed E-state index contributed by atoms with van der Waals surface area (Å²) in [5, 5.41) is 11.3. The summed E-state index contributed by atoms with van der Waals surface area (Å²) in [6.45, 7) is -0.456. The predicted octanol–water partition coefficient (Wildman–Crippen LogP) is 3.11. The third kappa shape index (κ3) is 3.76. The number of hydrogen-bond donors (Lipinski definition) is 3. The van der Waals surface area contributed by atoms with Gasteiger partial charge in [-0.05, 0) is 46.9 Å². The second-order valence-corrected chi connectivity index (χ2v) is 6.31. The largest absolute Gasteiger partial charge is 0.443 e. The summed E-state index contributed by atoms with van der Waals surface area (Å²) in [5.74, 6) is -2.29. The summed E-state index contributed by atoms with van der Waals surface area (Å²) in [7, 11) is 0. The molecule has 0 atom stereocenters. The van der Waals surface area contributed by atoms with Gasteiger partial charge in [0.25, 0.3) is 5.91 Å². The fraction of sp³-hybridized carbons (Fsp3) is 0.125. The Bertz CT molecular complexity index is 964. The Hall–Kier alpha value is -2.31. The summed E-state index contributed by atoms with van der Waals surface area (Å²) in [6.07, 6.45) is 1.03. The van der Waals surface area contributed by atoms with Crippen molar-refractivity contribution in [1.82, 2.24) is 10.5 Å². The van der Waals surface area contributed by atoms with Crippen molar-refractivity contribution >= 4 is 51.0 Å². The number of anilines is 2. The summed E-state index contributed by atoms with van der Waals surface area (Å²) in [5.41, 5.74) is 1.54. The van der Waals surface area contributed by atoms with Crippen LogP contribution in [0.2, 0.25) is 0 Å². The van der Waals surface area contributed by atoms with Crippen LogP contribution in [0.5, 0.6) is 0 Å². The molecule has 3 rings (SSSR count). The lowest BCUT2D eigenvalue weighted by molar-refractivity contribution is 0.0169. The highest BCUT2D eigenvalue weighted by Gasteiger charge is 2.22.